The lowest BCUT2D eigenvalue weighted by molar-refractivity contribution is -0.119. The highest BCUT2D eigenvalue weighted by Gasteiger charge is 2.24. The summed E-state index contributed by atoms with van der Waals surface area (Å²) < 4.78 is 11.9. The van der Waals surface area contributed by atoms with E-state index in [4.69, 9.17) is 9.47 Å². The molecule has 180 valence electrons. The lowest BCUT2D eigenvalue weighted by atomic mass is 10.1. The predicted molar refractivity (Wildman–Crippen MR) is 139 cm³/mol. The van der Waals surface area contributed by atoms with E-state index < -0.39 is 0 Å². The number of nitrogens with one attached hydrogen (secondary N) is 2. The molecule has 1 aromatic rings. The highest BCUT2D eigenvalue weighted by molar-refractivity contribution is 14.0. The number of hydrogen-bond acceptors (Lipinski definition) is 4. The molecule has 7 nitrogen and oxygen atoms in total. The van der Waals surface area contributed by atoms with E-state index in [1.165, 1.54) is 18.4 Å². The zero-order chi connectivity index (χ0) is 21.7. The van der Waals surface area contributed by atoms with Crippen LogP contribution in [0, 0.1) is 0 Å². The minimum atomic E-state index is -0.0444. The number of aliphatic imine (C=N–C) groups is 1. The molecule has 0 aromatic heterocycles. The first-order chi connectivity index (χ1) is 15.2. The summed E-state index contributed by atoms with van der Waals surface area (Å²) in [6.07, 6.45) is 6.86. The number of halogens is 1. The van der Waals surface area contributed by atoms with Gasteiger partial charge in [0.15, 0.2) is 5.96 Å². The molecule has 2 fully saturated rings. The third-order valence-corrected chi connectivity index (χ3v) is 5.82. The van der Waals surface area contributed by atoms with Gasteiger partial charge in [-0.1, -0.05) is 30.3 Å². The molecule has 3 rings (SSSR count). The average Bonchev–Trinajstić information content (AvgIpc) is 2.82. The van der Waals surface area contributed by atoms with Gasteiger partial charge in [-0.05, 0) is 51.0 Å². The quantitative estimate of drug-likeness (QED) is 0.277. The minimum absolute atomic E-state index is 0. The van der Waals surface area contributed by atoms with Crippen LogP contribution >= 0.6 is 24.0 Å². The Morgan fingerprint density at radius 1 is 1.16 bits per heavy atom. The molecule has 0 saturated carbocycles. The van der Waals surface area contributed by atoms with Gasteiger partial charge in [-0.2, -0.15) is 0 Å². The van der Waals surface area contributed by atoms with Gasteiger partial charge in [-0.3, -0.25) is 4.79 Å². The molecule has 0 bridgehead atoms. The number of hydrogen-bond donors (Lipinski definition) is 2. The first-order valence-electron chi connectivity index (χ1n) is 11.8. The van der Waals surface area contributed by atoms with Crippen LogP contribution in [0.1, 0.15) is 44.6 Å². The molecular formula is C24H39IN4O3. The van der Waals surface area contributed by atoms with E-state index in [1.54, 1.807) is 0 Å². The van der Waals surface area contributed by atoms with E-state index in [2.05, 4.69) is 39.6 Å². The second-order valence-corrected chi connectivity index (χ2v) is 8.26. The third kappa shape index (κ3) is 9.62. The molecule has 1 amide bonds. The van der Waals surface area contributed by atoms with Crippen molar-refractivity contribution in [2.45, 2.75) is 57.7 Å². The number of likely N-dealkylation sites (tertiary alicyclic amines) is 1. The standard InChI is InChI=1S/C24H38N4O3.HI/c1-2-25-24(27-18-23(29)26-14-11-20-8-4-3-5-9-20)28-15-12-21(13-16-28)31-19-22-10-6-7-17-30-22;/h3-5,8-9,21-22H,2,6-7,10-19H2,1H3,(H,25,27)(H,26,29);1H. The van der Waals surface area contributed by atoms with Gasteiger partial charge in [0.2, 0.25) is 5.91 Å². The summed E-state index contributed by atoms with van der Waals surface area (Å²) in [7, 11) is 0. The Balaban J connectivity index is 0.00000363. The van der Waals surface area contributed by atoms with E-state index in [9.17, 15) is 4.79 Å². The van der Waals surface area contributed by atoms with Crippen molar-refractivity contribution in [3.63, 3.8) is 0 Å². The summed E-state index contributed by atoms with van der Waals surface area (Å²) >= 11 is 0. The number of nitrogens with zero attached hydrogens (tertiary/aromatic N) is 2. The fourth-order valence-corrected chi connectivity index (χ4v) is 4.04. The van der Waals surface area contributed by atoms with Gasteiger partial charge in [0, 0.05) is 32.8 Å². The van der Waals surface area contributed by atoms with E-state index in [0.29, 0.717) is 13.2 Å². The molecule has 2 saturated heterocycles. The molecule has 0 spiro atoms. The smallest absolute Gasteiger partial charge is 0.241 e. The molecule has 2 aliphatic rings. The molecule has 0 aliphatic carbocycles. The zero-order valence-electron chi connectivity index (χ0n) is 19.3. The Kier molecular flexibility index (Phi) is 13.0. The van der Waals surface area contributed by atoms with Gasteiger partial charge >= 0.3 is 0 Å². The minimum Gasteiger partial charge on any atom is -0.376 e. The van der Waals surface area contributed by atoms with Crippen molar-refractivity contribution in [3.8, 4) is 0 Å². The maximum atomic E-state index is 12.2. The molecule has 8 heteroatoms. The second-order valence-electron chi connectivity index (χ2n) is 8.26. The topological polar surface area (TPSA) is 75.2 Å². The molecule has 2 N–H and O–H groups in total. The van der Waals surface area contributed by atoms with Gasteiger partial charge in [-0.25, -0.2) is 4.99 Å². The zero-order valence-corrected chi connectivity index (χ0v) is 21.6. The first-order valence-corrected chi connectivity index (χ1v) is 11.8. The predicted octanol–water partition coefficient (Wildman–Crippen LogP) is 2.98. The Hall–Kier alpha value is -1.39. The molecule has 0 radical (unpaired) electrons. The Bertz CT molecular complexity index is 675. The van der Waals surface area contributed by atoms with Crippen molar-refractivity contribution in [2.24, 2.45) is 4.99 Å². The number of guanidine groups is 1. The van der Waals surface area contributed by atoms with Gasteiger partial charge in [0.1, 0.15) is 6.54 Å². The van der Waals surface area contributed by atoms with E-state index in [0.717, 1.165) is 57.9 Å². The van der Waals surface area contributed by atoms with Crippen molar-refractivity contribution in [3.05, 3.63) is 35.9 Å². The van der Waals surface area contributed by atoms with Crippen LogP contribution in [-0.4, -0.2) is 74.9 Å². The van der Waals surface area contributed by atoms with Crippen molar-refractivity contribution in [2.75, 3.05) is 45.9 Å². The third-order valence-electron chi connectivity index (χ3n) is 5.82. The monoisotopic (exact) mass is 558 g/mol. The van der Waals surface area contributed by atoms with Gasteiger partial charge < -0.3 is 25.0 Å². The number of ether oxygens (including phenoxy) is 2. The fraction of sp³-hybridized carbons (Fsp3) is 0.667. The summed E-state index contributed by atoms with van der Waals surface area (Å²) in [5.74, 6) is 0.770. The molecule has 1 unspecified atom stereocenters. The van der Waals surface area contributed by atoms with Crippen molar-refractivity contribution < 1.29 is 14.3 Å². The van der Waals surface area contributed by atoms with Crippen LogP contribution in [0.3, 0.4) is 0 Å². The van der Waals surface area contributed by atoms with Gasteiger partial charge in [0.05, 0.1) is 18.8 Å². The fourth-order valence-electron chi connectivity index (χ4n) is 4.04. The van der Waals surface area contributed by atoms with Gasteiger partial charge in [-0.15, -0.1) is 24.0 Å². The van der Waals surface area contributed by atoms with Crippen LogP contribution in [0.4, 0.5) is 0 Å². The lowest BCUT2D eigenvalue weighted by Crippen LogP contribution is -2.47. The maximum Gasteiger partial charge on any atom is 0.241 e. The summed E-state index contributed by atoms with van der Waals surface area (Å²) in [5, 5.41) is 6.29. The number of benzene rings is 1. The van der Waals surface area contributed by atoms with Crippen LogP contribution in [0.5, 0.6) is 0 Å². The molecule has 32 heavy (non-hydrogen) atoms. The second kappa shape index (κ2) is 15.4. The Labute approximate surface area is 209 Å². The van der Waals surface area contributed by atoms with Gasteiger partial charge in [0.25, 0.3) is 0 Å². The number of piperidine rings is 1. The number of carbonyl (C=O) groups is 1. The van der Waals surface area contributed by atoms with E-state index >= 15 is 0 Å². The lowest BCUT2D eigenvalue weighted by Gasteiger charge is -2.35. The number of rotatable bonds is 9. The molecule has 1 aromatic carbocycles. The molecule has 1 atom stereocenters. The maximum absolute atomic E-state index is 12.2. The number of carbonyl (C=O) groups excluding carboxylic acids is 1. The largest absolute Gasteiger partial charge is 0.376 e. The van der Waals surface area contributed by atoms with E-state index in [-0.39, 0.29) is 48.6 Å². The molecular weight excluding hydrogens is 519 g/mol. The average molecular weight is 559 g/mol. The summed E-state index contributed by atoms with van der Waals surface area (Å²) in [6, 6.07) is 10.2. The summed E-state index contributed by atoms with van der Waals surface area (Å²) in [5.41, 5.74) is 1.22. The Morgan fingerprint density at radius 3 is 2.62 bits per heavy atom. The highest BCUT2D eigenvalue weighted by atomic mass is 127. The Morgan fingerprint density at radius 2 is 1.94 bits per heavy atom. The van der Waals surface area contributed by atoms with Crippen molar-refractivity contribution in [1.29, 1.82) is 0 Å². The van der Waals surface area contributed by atoms with Crippen LogP contribution in [0.2, 0.25) is 0 Å². The van der Waals surface area contributed by atoms with E-state index in [1.807, 2.05) is 18.2 Å². The SMILES string of the molecule is CCNC(=NCC(=O)NCCc1ccccc1)N1CCC(OCC2CCCCO2)CC1.I. The number of amides is 1. The highest BCUT2D eigenvalue weighted by Crippen LogP contribution is 2.18. The first kappa shape index (κ1) is 26.9. The van der Waals surface area contributed by atoms with Crippen molar-refractivity contribution >= 4 is 35.8 Å². The summed E-state index contributed by atoms with van der Waals surface area (Å²) in [6.45, 7) is 6.96. The normalized spacial score (nSPS) is 19.8. The summed E-state index contributed by atoms with van der Waals surface area (Å²) in [4.78, 5) is 19.0. The van der Waals surface area contributed by atoms with Crippen LogP contribution in [0.25, 0.3) is 0 Å². The molecule has 2 aliphatic heterocycles. The van der Waals surface area contributed by atoms with Crippen LogP contribution in [-0.2, 0) is 20.7 Å². The van der Waals surface area contributed by atoms with Crippen LogP contribution in [0.15, 0.2) is 35.3 Å². The van der Waals surface area contributed by atoms with Crippen molar-refractivity contribution in [1.82, 2.24) is 15.5 Å². The van der Waals surface area contributed by atoms with Crippen LogP contribution < -0.4 is 10.6 Å². The molecule has 2 heterocycles.